The number of carbonyl (C=O) groups excluding carboxylic acids is 2. The summed E-state index contributed by atoms with van der Waals surface area (Å²) < 4.78 is 20.8. The molecule has 0 saturated heterocycles. The number of ether oxygens (including phenoxy) is 1. The van der Waals surface area contributed by atoms with E-state index in [1.165, 1.54) is 6.92 Å². The molecule has 0 aliphatic rings. The Hall–Kier alpha value is -3.57. The highest BCUT2D eigenvalue weighted by atomic mass is 31.2. The van der Waals surface area contributed by atoms with E-state index in [4.69, 9.17) is 14.5 Å². The number of carbonyl (C=O) groups is 2. The third-order valence-corrected chi connectivity index (χ3v) is 6.13. The van der Waals surface area contributed by atoms with Crippen molar-refractivity contribution in [3.8, 4) is 11.3 Å². The summed E-state index contributed by atoms with van der Waals surface area (Å²) in [6, 6.07) is 8.26. The van der Waals surface area contributed by atoms with Crippen LogP contribution in [0.3, 0.4) is 0 Å². The maximum Gasteiger partial charge on any atom is 0.469 e. The third-order valence-electron chi connectivity index (χ3n) is 5.65. The lowest BCUT2D eigenvalue weighted by atomic mass is 10.0. The van der Waals surface area contributed by atoms with Gasteiger partial charge in [0, 0.05) is 24.9 Å². The topological polar surface area (TPSA) is 176 Å². The molecule has 2 aromatic heterocycles. The number of aryl methyl sites for hydroxylation is 2. The van der Waals surface area contributed by atoms with E-state index in [0.29, 0.717) is 17.7 Å². The third kappa shape index (κ3) is 8.49. The van der Waals surface area contributed by atoms with Crippen LogP contribution >= 0.6 is 7.82 Å². The number of H-pyrrole nitrogens is 1. The van der Waals surface area contributed by atoms with Crippen LogP contribution in [-0.2, 0) is 18.6 Å². The van der Waals surface area contributed by atoms with Gasteiger partial charge in [-0.25, -0.2) is 14.5 Å². The Bertz CT molecular complexity index is 1320. The highest BCUT2D eigenvalue weighted by Crippen LogP contribution is 2.36. The first kappa shape index (κ1) is 29.0. The van der Waals surface area contributed by atoms with Crippen molar-refractivity contribution in [2.75, 3.05) is 18.5 Å². The molecule has 204 valence electrons. The first-order chi connectivity index (χ1) is 17.9. The molecule has 0 bridgehead atoms. The van der Waals surface area contributed by atoms with Crippen LogP contribution in [0, 0.1) is 13.8 Å². The molecule has 1 amide bonds. The molecule has 13 heteroatoms. The molecule has 3 aromatic rings. The zero-order chi connectivity index (χ0) is 27.9. The quantitative estimate of drug-likeness (QED) is 0.167. The molecule has 0 radical (unpaired) electrons. The van der Waals surface area contributed by atoms with E-state index in [1.54, 1.807) is 18.5 Å². The number of nitrogens with one attached hydrogen (secondary N) is 3. The number of anilines is 1. The van der Waals surface area contributed by atoms with Gasteiger partial charge in [-0.15, -0.1) is 0 Å². The number of aromatic amines is 1. The van der Waals surface area contributed by atoms with E-state index in [1.807, 2.05) is 45.0 Å². The number of amides is 1. The molecule has 3 rings (SSSR count). The first-order valence-electron chi connectivity index (χ1n) is 11.9. The van der Waals surface area contributed by atoms with Gasteiger partial charge in [-0.2, -0.15) is 0 Å². The second-order valence-corrected chi connectivity index (χ2v) is 10.0. The number of hydrogen-bond acceptors (Lipinski definition) is 8. The maximum absolute atomic E-state index is 13.1. The standard InChI is InChI=1S/C25H32N5O7P/c1-5-20(13-37-38(33,34)35)28-25-27-11-16(3)23(30-25)19-10-21(26-12-19)24(32)29-22(14-36-17(4)31)18-8-6-7-15(2)9-18/h6-12,20,22,26H,5,13-14H2,1-4H3,(H,29,32)(H,27,28,30)(H2,33,34,35)/t20-,22-/m1/s1. The van der Waals surface area contributed by atoms with Crippen molar-refractivity contribution in [1.29, 1.82) is 0 Å². The highest BCUT2D eigenvalue weighted by molar-refractivity contribution is 7.46. The van der Waals surface area contributed by atoms with Gasteiger partial charge in [-0.3, -0.25) is 14.1 Å². The van der Waals surface area contributed by atoms with Gasteiger partial charge < -0.3 is 30.1 Å². The van der Waals surface area contributed by atoms with Crippen LogP contribution in [0.15, 0.2) is 42.7 Å². The molecular formula is C25H32N5O7P. The summed E-state index contributed by atoms with van der Waals surface area (Å²) >= 11 is 0. The molecule has 12 nitrogen and oxygen atoms in total. The van der Waals surface area contributed by atoms with Gasteiger partial charge >= 0.3 is 13.8 Å². The summed E-state index contributed by atoms with van der Waals surface area (Å²) in [5, 5.41) is 5.93. The summed E-state index contributed by atoms with van der Waals surface area (Å²) in [6.45, 7) is 6.67. The summed E-state index contributed by atoms with van der Waals surface area (Å²) in [6.07, 6.45) is 3.77. The van der Waals surface area contributed by atoms with Crippen molar-refractivity contribution >= 4 is 25.6 Å². The van der Waals surface area contributed by atoms with Crippen LogP contribution in [-0.4, -0.2) is 55.9 Å². The van der Waals surface area contributed by atoms with E-state index >= 15 is 0 Å². The molecule has 38 heavy (non-hydrogen) atoms. The number of aromatic nitrogens is 3. The Morgan fingerprint density at radius 3 is 2.61 bits per heavy atom. The average Bonchev–Trinajstić information content (AvgIpc) is 3.35. The van der Waals surface area contributed by atoms with Crippen LogP contribution < -0.4 is 10.6 Å². The number of benzene rings is 1. The lowest BCUT2D eigenvalue weighted by Gasteiger charge is -2.19. The second-order valence-electron chi connectivity index (χ2n) is 8.81. The summed E-state index contributed by atoms with van der Waals surface area (Å²) in [5.74, 6) is -0.582. The molecule has 0 unspecified atom stereocenters. The molecule has 0 spiro atoms. The van der Waals surface area contributed by atoms with Crippen LogP contribution in [0.1, 0.15) is 53.5 Å². The fraction of sp³-hybridized carbons (Fsp3) is 0.360. The fourth-order valence-electron chi connectivity index (χ4n) is 3.64. The van der Waals surface area contributed by atoms with Gasteiger partial charge in [0.05, 0.1) is 24.4 Å². The Morgan fingerprint density at radius 1 is 1.18 bits per heavy atom. The summed E-state index contributed by atoms with van der Waals surface area (Å²) in [7, 11) is -4.60. The Kier molecular flexibility index (Phi) is 9.76. The highest BCUT2D eigenvalue weighted by Gasteiger charge is 2.21. The van der Waals surface area contributed by atoms with Crippen molar-refractivity contribution in [3.63, 3.8) is 0 Å². The zero-order valence-electron chi connectivity index (χ0n) is 21.6. The van der Waals surface area contributed by atoms with Gasteiger partial charge in [0.15, 0.2) is 0 Å². The number of phosphoric acid groups is 1. The summed E-state index contributed by atoms with van der Waals surface area (Å²) in [5.41, 5.74) is 4.07. The summed E-state index contributed by atoms with van der Waals surface area (Å²) in [4.78, 5) is 54.1. The molecule has 0 aliphatic carbocycles. The van der Waals surface area contributed by atoms with E-state index < -0.39 is 25.9 Å². The van der Waals surface area contributed by atoms with Crippen molar-refractivity contribution in [1.82, 2.24) is 20.3 Å². The number of hydrogen-bond donors (Lipinski definition) is 5. The van der Waals surface area contributed by atoms with Gasteiger partial charge in [0.25, 0.3) is 5.91 Å². The van der Waals surface area contributed by atoms with Gasteiger partial charge in [-0.1, -0.05) is 36.8 Å². The molecule has 0 aliphatic heterocycles. The number of nitrogens with zero attached hydrogens (tertiary/aromatic N) is 2. The lowest BCUT2D eigenvalue weighted by Crippen LogP contribution is -2.32. The normalized spacial score (nSPS) is 13.0. The van der Waals surface area contributed by atoms with Crippen molar-refractivity contribution in [3.05, 3.63) is 65.1 Å². The minimum atomic E-state index is -4.60. The van der Waals surface area contributed by atoms with E-state index in [9.17, 15) is 14.2 Å². The number of esters is 1. The SMILES string of the molecule is CC[C@H](COP(=O)(O)O)Nc1ncc(C)c(-c2c[nH]c(C(=O)N[C@H](COC(C)=O)c3cccc(C)c3)c2)n1. The molecular weight excluding hydrogens is 513 g/mol. The van der Waals surface area contributed by atoms with Gasteiger partial charge in [0.1, 0.15) is 12.3 Å². The minimum absolute atomic E-state index is 0.0114. The molecule has 2 heterocycles. The predicted molar refractivity (Wildman–Crippen MR) is 140 cm³/mol. The molecule has 0 fully saturated rings. The maximum atomic E-state index is 13.1. The van der Waals surface area contributed by atoms with Crippen LogP contribution in [0.2, 0.25) is 0 Å². The smallest absolute Gasteiger partial charge is 0.463 e. The van der Waals surface area contributed by atoms with Crippen molar-refractivity contribution in [2.45, 2.75) is 46.2 Å². The molecule has 1 aromatic carbocycles. The predicted octanol–water partition coefficient (Wildman–Crippen LogP) is 3.42. The van der Waals surface area contributed by atoms with E-state index in [-0.39, 0.29) is 30.8 Å². The molecule has 5 N–H and O–H groups in total. The van der Waals surface area contributed by atoms with Gasteiger partial charge in [-0.05, 0) is 37.5 Å². The number of phosphoric ester groups is 1. The second kappa shape index (κ2) is 12.8. The van der Waals surface area contributed by atoms with Crippen LogP contribution in [0.5, 0.6) is 0 Å². The van der Waals surface area contributed by atoms with Crippen molar-refractivity contribution < 1.29 is 33.2 Å². The largest absolute Gasteiger partial charge is 0.469 e. The zero-order valence-corrected chi connectivity index (χ0v) is 22.5. The Labute approximate surface area is 220 Å². The van der Waals surface area contributed by atoms with E-state index in [2.05, 4.69) is 30.1 Å². The fourth-order valence-corrected chi connectivity index (χ4v) is 4.02. The molecule has 2 atom stereocenters. The van der Waals surface area contributed by atoms with Crippen molar-refractivity contribution in [2.24, 2.45) is 0 Å². The molecule has 0 saturated carbocycles. The lowest BCUT2D eigenvalue weighted by molar-refractivity contribution is -0.141. The van der Waals surface area contributed by atoms with Gasteiger partial charge in [0.2, 0.25) is 5.95 Å². The first-order valence-corrected chi connectivity index (χ1v) is 13.5. The minimum Gasteiger partial charge on any atom is -0.463 e. The average molecular weight is 546 g/mol. The van der Waals surface area contributed by atoms with Crippen LogP contribution in [0.25, 0.3) is 11.3 Å². The van der Waals surface area contributed by atoms with Crippen LogP contribution in [0.4, 0.5) is 5.95 Å². The Balaban J connectivity index is 1.77. The van der Waals surface area contributed by atoms with E-state index in [0.717, 1.165) is 16.7 Å². The number of rotatable bonds is 12. The monoisotopic (exact) mass is 545 g/mol. The Morgan fingerprint density at radius 2 is 1.95 bits per heavy atom.